The normalized spacial score (nSPS) is 22.2. The molecule has 7 atom stereocenters. The molecule has 5 amide bonds. The number of hydrogen-bond acceptors (Lipinski definition) is 9. The number of Topliss-reactive ketones (excluding diaryl/α,β-unsaturated/α-hetero) is 1. The fourth-order valence-corrected chi connectivity index (χ4v) is 7.43. The zero-order chi connectivity index (χ0) is 38.7. The maximum absolute atomic E-state index is 13.8. The minimum absolute atomic E-state index is 0.0182. The molecule has 288 valence electrons. The molecule has 0 heterocycles. The quantitative estimate of drug-likeness (QED) is 0.0716. The maximum Gasteiger partial charge on any atom is 0.328 e. The third-order valence-electron chi connectivity index (χ3n) is 10.1. The topological polar surface area (TPSA) is 226 Å². The van der Waals surface area contributed by atoms with E-state index in [1.807, 2.05) is 32.1 Å². The molecule has 6 N–H and O–H groups in total. The van der Waals surface area contributed by atoms with Crippen molar-refractivity contribution in [2.75, 3.05) is 13.1 Å². The molecule has 2 bridgehead atoms. The summed E-state index contributed by atoms with van der Waals surface area (Å²) in [6, 6.07) is 5.85. The van der Waals surface area contributed by atoms with Crippen LogP contribution in [0.25, 0.3) is 0 Å². The highest BCUT2D eigenvalue weighted by atomic mass is 16.5. The molecule has 0 spiro atoms. The molecule has 1 aromatic rings. The van der Waals surface area contributed by atoms with Crippen molar-refractivity contribution in [1.82, 2.24) is 26.6 Å². The lowest BCUT2D eigenvalue weighted by Gasteiger charge is -2.33. The first-order chi connectivity index (χ1) is 25.2. The van der Waals surface area contributed by atoms with Crippen LogP contribution in [-0.4, -0.2) is 83.6 Å². The second-order valence-electron chi connectivity index (χ2n) is 14.6. The summed E-state index contributed by atoms with van der Waals surface area (Å²) >= 11 is 0. The van der Waals surface area contributed by atoms with Crippen LogP contribution in [0.2, 0.25) is 0 Å². The molecule has 3 aliphatic rings. The smallest absolute Gasteiger partial charge is 0.328 e. The van der Waals surface area contributed by atoms with E-state index in [4.69, 9.17) is 4.74 Å². The number of carboxylic acid groups (broad SMARTS) is 1. The van der Waals surface area contributed by atoms with E-state index in [9.17, 15) is 43.5 Å². The molecule has 15 nitrogen and oxygen atoms in total. The third kappa shape index (κ3) is 11.5. The van der Waals surface area contributed by atoms with E-state index in [2.05, 4.69) is 26.6 Å². The molecule has 0 saturated heterocycles. The summed E-state index contributed by atoms with van der Waals surface area (Å²) in [6.45, 7) is 3.79. The van der Waals surface area contributed by atoms with Gasteiger partial charge < -0.3 is 36.4 Å². The first-order valence-electron chi connectivity index (χ1n) is 18.4. The SMILES string of the molecule is CC(C)C[C@H](NC(=O)[C@@H](NC(=O)C1C2C=CC(C2)C1C(=O)O)C1CCCCC1)C(=O)NCC(=O)C(=O)NCC(=O)N[C@@H](C)C(=O)OCc1ccccc1. The van der Waals surface area contributed by atoms with Crippen molar-refractivity contribution in [3.05, 3.63) is 48.0 Å². The van der Waals surface area contributed by atoms with Crippen molar-refractivity contribution >= 4 is 47.3 Å². The molecular weight excluding hydrogens is 686 g/mol. The summed E-state index contributed by atoms with van der Waals surface area (Å²) in [7, 11) is 0. The summed E-state index contributed by atoms with van der Waals surface area (Å²) in [6.07, 6.45) is 8.54. The van der Waals surface area contributed by atoms with Crippen LogP contribution in [0, 0.1) is 35.5 Å². The summed E-state index contributed by atoms with van der Waals surface area (Å²) in [4.78, 5) is 102. The minimum atomic E-state index is -1.14. The van der Waals surface area contributed by atoms with Gasteiger partial charge in [-0.1, -0.05) is 75.6 Å². The van der Waals surface area contributed by atoms with E-state index in [1.54, 1.807) is 24.3 Å². The first-order valence-corrected chi connectivity index (χ1v) is 18.4. The number of fused-ring (bicyclic) bond motifs is 2. The van der Waals surface area contributed by atoms with Gasteiger partial charge in [0.25, 0.3) is 5.91 Å². The number of carboxylic acids is 1. The van der Waals surface area contributed by atoms with Gasteiger partial charge in [0.2, 0.25) is 29.4 Å². The van der Waals surface area contributed by atoms with Crippen LogP contribution in [-0.2, 0) is 49.7 Å². The predicted octanol–water partition coefficient (Wildman–Crippen LogP) is 1.15. The molecule has 4 rings (SSSR count). The molecule has 3 aliphatic carbocycles. The van der Waals surface area contributed by atoms with Gasteiger partial charge in [0.15, 0.2) is 0 Å². The van der Waals surface area contributed by atoms with Crippen molar-refractivity contribution in [2.45, 2.75) is 90.4 Å². The maximum atomic E-state index is 13.8. The fraction of sp³-hybridized carbons (Fsp3) is 0.579. The monoisotopic (exact) mass is 737 g/mol. The van der Waals surface area contributed by atoms with Gasteiger partial charge in [0.05, 0.1) is 24.9 Å². The highest BCUT2D eigenvalue weighted by Crippen LogP contribution is 2.48. The summed E-state index contributed by atoms with van der Waals surface area (Å²) in [5.74, 6) is -8.86. The van der Waals surface area contributed by atoms with Gasteiger partial charge in [-0.05, 0) is 61.8 Å². The number of carbonyl (C=O) groups is 8. The van der Waals surface area contributed by atoms with E-state index in [-0.39, 0.29) is 36.7 Å². The lowest BCUT2D eigenvalue weighted by atomic mass is 9.80. The Morgan fingerprint density at radius 1 is 0.792 bits per heavy atom. The van der Waals surface area contributed by atoms with E-state index >= 15 is 0 Å². The number of esters is 1. The Kier molecular flexibility index (Phi) is 14.7. The second-order valence-corrected chi connectivity index (χ2v) is 14.6. The van der Waals surface area contributed by atoms with Gasteiger partial charge in [-0.2, -0.15) is 0 Å². The standard InChI is InChI=1S/C38H51N5O10/c1-21(2)16-27(33(46)39-18-28(44)34(47)40-19-29(45)41-22(3)38(52)53-20-23-10-6-4-7-11-23)42-36(49)32(24-12-8-5-9-13-24)43-35(48)30-25-14-15-26(17-25)31(30)37(50)51/h4,6-7,10-11,14-15,21-22,24-27,30-32H,5,8-9,12-13,16-20H2,1-3H3,(H,39,46)(H,40,47)(H,41,45)(H,42,49)(H,43,48)(H,50,51)/t22-,25?,26?,27-,30?,31?,32-/m0/s1. The lowest BCUT2D eigenvalue weighted by Crippen LogP contribution is -2.58. The Morgan fingerprint density at radius 2 is 1.45 bits per heavy atom. The van der Waals surface area contributed by atoms with Crippen LogP contribution < -0.4 is 26.6 Å². The number of hydrogen-bond donors (Lipinski definition) is 6. The number of rotatable bonds is 18. The number of aliphatic carboxylic acids is 1. The first kappa shape index (κ1) is 40.7. The number of amides is 5. The van der Waals surface area contributed by atoms with Gasteiger partial charge >= 0.3 is 11.9 Å². The average molecular weight is 738 g/mol. The Morgan fingerprint density at radius 3 is 2.09 bits per heavy atom. The zero-order valence-corrected chi connectivity index (χ0v) is 30.4. The highest BCUT2D eigenvalue weighted by molar-refractivity contribution is 6.37. The van der Waals surface area contributed by atoms with Gasteiger partial charge in [0.1, 0.15) is 24.7 Å². The number of ketones is 1. The van der Waals surface area contributed by atoms with Crippen molar-refractivity contribution < 1.29 is 48.2 Å². The van der Waals surface area contributed by atoms with Crippen LogP contribution in [0.1, 0.15) is 71.3 Å². The molecule has 2 fully saturated rings. The third-order valence-corrected chi connectivity index (χ3v) is 10.1. The van der Waals surface area contributed by atoms with E-state index in [1.165, 1.54) is 6.92 Å². The number of benzene rings is 1. The highest BCUT2D eigenvalue weighted by Gasteiger charge is 2.52. The van der Waals surface area contributed by atoms with Gasteiger partial charge in [-0.15, -0.1) is 0 Å². The lowest BCUT2D eigenvalue weighted by molar-refractivity contribution is -0.148. The van der Waals surface area contributed by atoms with Gasteiger partial charge in [-0.25, -0.2) is 4.79 Å². The van der Waals surface area contributed by atoms with Crippen LogP contribution >= 0.6 is 0 Å². The molecule has 53 heavy (non-hydrogen) atoms. The molecule has 2 saturated carbocycles. The molecule has 0 aromatic heterocycles. The molecule has 15 heteroatoms. The molecular formula is C38H51N5O10. The Labute approximate surface area is 308 Å². The van der Waals surface area contributed by atoms with Gasteiger partial charge in [0, 0.05) is 0 Å². The molecule has 4 unspecified atom stereocenters. The molecule has 1 aromatic carbocycles. The Balaban J connectivity index is 1.28. The molecule has 0 aliphatic heterocycles. The van der Waals surface area contributed by atoms with Crippen molar-refractivity contribution in [2.24, 2.45) is 35.5 Å². The van der Waals surface area contributed by atoms with E-state index in [0.717, 1.165) is 24.8 Å². The summed E-state index contributed by atoms with van der Waals surface area (Å²) < 4.78 is 5.18. The Hall–Kier alpha value is -5.08. The minimum Gasteiger partial charge on any atom is -0.481 e. The summed E-state index contributed by atoms with van der Waals surface area (Å²) in [5, 5.41) is 22.4. The van der Waals surface area contributed by atoms with Crippen molar-refractivity contribution in [1.29, 1.82) is 0 Å². The van der Waals surface area contributed by atoms with Crippen LogP contribution in [0.3, 0.4) is 0 Å². The fourth-order valence-electron chi connectivity index (χ4n) is 7.43. The van der Waals surface area contributed by atoms with Crippen LogP contribution in [0.4, 0.5) is 0 Å². The average Bonchev–Trinajstić information content (AvgIpc) is 3.77. The van der Waals surface area contributed by atoms with Crippen LogP contribution in [0.15, 0.2) is 42.5 Å². The zero-order valence-electron chi connectivity index (χ0n) is 30.4. The number of ether oxygens (including phenoxy) is 1. The second kappa shape index (κ2) is 19.1. The predicted molar refractivity (Wildman–Crippen MR) is 190 cm³/mol. The van der Waals surface area contributed by atoms with E-state index < -0.39 is 90.3 Å². The summed E-state index contributed by atoms with van der Waals surface area (Å²) in [5.41, 5.74) is 0.767. The van der Waals surface area contributed by atoms with Crippen LogP contribution in [0.5, 0.6) is 0 Å². The number of nitrogens with one attached hydrogen (secondary N) is 5. The van der Waals surface area contributed by atoms with Crippen molar-refractivity contribution in [3.63, 3.8) is 0 Å². The number of allylic oxidation sites excluding steroid dienone is 2. The van der Waals surface area contributed by atoms with E-state index in [0.29, 0.717) is 19.3 Å². The van der Waals surface area contributed by atoms with Crippen molar-refractivity contribution in [3.8, 4) is 0 Å². The van der Waals surface area contributed by atoms with Gasteiger partial charge in [-0.3, -0.25) is 33.6 Å². The largest absolute Gasteiger partial charge is 0.481 e. The Bertz CT molecular complexity index is 1560. The molecule has 0 radical (unpaired) electrons. The number of carbonyl (C=O) groups excluding carboxylic acids is 7.